The maximum absolute atomic E-state index is 12.9. The van der Waals surface area contributed by atoms with E-state index in [9.17, 15) is 17.9 Å². The highest BCUT2D eigenvalue weighted by Crippen LogP contribution is 2.19. The van der Waals surface area contributed by atoms with Gasteiger partial charge in [-0.05, 0) is 48.9 Å². The molecule has 0 spiro atoms. The standard InChI is InChI=1S/C16H15FN2O3S/c1-11(16(20)13-4-6-14(17)7-5-13)19-23(21,22)15-8-2-12(10-18)3-9-15/h2-9,11,16,19-20H,1H3. The number of aliphatic hydroxyl groups excluding tert-OH is 1. The van der Waals surface area contributed by atoms with Gasteiger partial charge in [0.2, 0.25) is 10.0 Å². The Labute approximate surface area is 134 Å². The zero-order valence-corrected chi connectivity index (χ0v) is 13.1. The minimum absolute atomic E-state index is 0.00495. The quantitative estimate of drug-likeness (QED) is 0.876. The zero-order valence-electron chi connectivity index (χ0n) is 12.3. The summed E-state index contributed by atoms with van der Waals surface area (Å²) in [4.78, 5) is -0.00495. The van der Waals surface area contributed by atoms with Crippen molar-refractivity contribution in [3.63, 3.8) is 0 Å². The van der Waals surface area contributed by atoms with Crippen molar-refractivity contribution in [2.24, 2.45) is 0 Å². The lowest BCUT2D eigenvalue weighted by Crippen LogP contribution is -2.37. The summed E-state index contributed by atoms with van der Waals surface area (Å²) in [5, 5.41) is 18.9. The predicted molar refractivity (Wildman–Crippen MR) is 82.3 cm³/mol. The lowest BCUT2D eigenvalue weighted by atomic mass is 10.0. The number of rotatable bonds is 5. The molecule has 0 heterocycles. The van der Waals surface area contributed by atoms with E-state index in [-0.39, 0.29) is 4.90 Å². The Kier molecular flexibility index (Phi) is 5.11. The highest BCUT2D eigenvalue weighted by atomic mass is 32.2. The van der Waals surface area contributed by atoms with Crippen molar-refractivity contribution in [3.8, 4) is 6.07 Å². The normalized spacial score (nSPS) is 14.0. The average molecular weight is 334 g/mol. The number of hydrogen-bond donors (Lipinski definition) is 2. The van der Waals surface area contributed by atoms with Crippen LogP contribution in [0.25, 0.3) is 0 Å². The van der Waals surface area contributed by atoms with E-state index in [1.54, 1.807) is 0 Å². The Bertz CT molecular complexity index is 812. The van der Waals surface area contributed by atoms with E-state index < -0.39 is 28.0 Å². The molecular formula is C16H15FN2O3S. The van der Waals surface area contributed by atoms with Crippen molar-refractivity contribution in [2.75, 3.05) is 0 Å². The predicted octanol–water partition coefficient (Wildman–Crippen LogP) is 2.10. The van der Waals surface area contributed by atoms with Crippen molar-refractivity contribution in [1.82, 2.24) is 4.72 Å². The molecule has 0 fully saturated rings. The smallest absolute Gasteiger partial charge is 0.240 e. The van der Waals surface area contributed by atoms with Gasteiger partial charge in [-0.3, -0.25) is 0 Å². The number of nitrogens with zero attached hydrogens (tertiary/aromatic N) is 1. The van der Waals surface area contributed by atoms with E-state index in [1.165, 1.54) is 55.5 Å². The molecule has 0 radical (unpaired) electrons. The Hall–Kier alpha value is -2.27. The van der Waals surface area contributed by atoms with E-state index in [1.807, 2.05) is 6.07 Å². The molecule has 2 rings (SSSR count). The Morgan fingerprint density at radius 1 is 1.13 bits per heavy atom. The van der Waals surface area contributed by atoms with Gasteiger partial charge >= 0.3 is 0 Å². The fraction of sp³-hybridized carbons (Fsp3) is 0.188. The van der Waals surface area contributed by atoms with Crippen LogP contribution < -0.4 is 4.72 Å². The average Bonchev–Trinajstić information content (AvgIpc) is 2.54. The summed E-state index contributed by atoms with van der Waals surface area (Å²) < 4.78 is 39.8. The molecule has 2 N–H and O–H groups in total. The summed E-state index contributed by atoms with van der Waals surface area (Å²) in [7, 11) is -3.84. The van der Waals surface area contributed by atoms with Gasteiger partial charge in [-0.2, -0.15) is 5.26 Å². The third-order valence-electron chi connectivity index (χ3n) is 3.32. The van der Waals surface area contributed by atoms with Gasteiger partial charge in [0.05, 0.1) is 22.6 Å². The molecule has 0 saturated carbocycles. The molecule has 2 unspecified atom stereocenters. The summed E-state index contributed by atoms with van der Waals surface area (Å²) in [6.45, 7) is 1.51. The summed E-state index contributed by atoms with van der Waals surface area (Å²) in [6, 6.07) is 11.7. The van der Waals surface area contributed by atoms with Gasteiger partial charge in [0.15, 0.2) is 0 Å². The molecular weight excluding hydrogens is 319 g/mol. The highest BCUT2D eigenvalue weighted by molar-refractivity contribution is 7.89. The molecule has 0 aliphatic carbocycles. The zero-order chi connectivity index (χ0) is 17.0. The first-order chi connectivity index (χ1) is 10.8. The first-order valence-corrected chi connectivity index (χ1v) is 8.28. The van der Waals surface area contributed by atoms with Crippen molar-refractivity contribution in [2.45, 2.75) is 24.0 Å². The van der Waals surface area contributed by atoms with Crippen LogP contribution in [0.15, 0.2) is 53.4 Å². The third-order valence-corrected chi connectivity index (χ3v) is 4.89. The molecule has 2 atom stereocenters. The van der Waals surface area contributed by atoms with Crippen molar-refractivity contribution in [1.29, 1.82) is 5.26 Å². The van der Waals surface area contributed by atoms with Gasteiger partial charge in [0, 0.05) is 6.04 Å². The van der Waals surface area contributed by atoms with E-state index in [4.69, 9.17) is 5.26 Å². The topological polar surface area (TPSA) is 90.2 Å². The van der Waals surface area contributed by atoms with Gasteiger partial charge in [-0.1, -0.05) is 12.1 Å². The molecule has 0 amide bonds. The molecule has 2 aromatic carbocycles. The van der Waals surface area contributed by atoms with E-state index in [0.29, 0.717) is 11.1 Å². The Morgan fingerprint density at radius 3 is 2.22 bits per heavy atom. The molecule has 0 saturated heterocycles. The monoisotopic (exact) mass is 334 g/mol. The highest BCUT2D eigenvalue weighted by Gasteiger charge is 2.23. The van der Waals surface area contributed by atoms with Crippen LogP contribution in [-0.4, -0.2) is 19.6 Å². The largest absolute Gasteiger partial charge is 0.387 e. The third kappa shape index (κ3) is 4.13. The second kappa shape index (κ2) is 6.87. The maximum Gasteiger partial charge on any atom is 0.240 e. The van der Waals surface area contributed by atoms with Gasteiger partial charge in [-0.15, -0.1) is 0 Å². The summed E-state index contributed by atoms with van der Waals surface area (Å²) in [5.74, 6) is -0.438. The van der Waals surface area contributed by atoms with Crippen molar-refractivity contribution < 1.29 is 17.9 Å². The summed E-state index contributed by atoms with van der Waals surface area (Å²) in [6.07, 6.45) is -1.12. The summed E-state index contributed by atoms with van der Waals surface area (Å²) >= 11 is 0. The van der Waals surface area contributed by atoms with Crippen molar-refractivity contribution in [3.05, 3.63) is 65.5 Å². The minimum atomic E-state index is -3.84. The molecule has 23 heavy (non-hydrogen) atoms. The molecule has 0 bridgehead atoms. The SMILES string of the molecule is CC(NS(=O)(=O)c1ccc(C#N)cc1)C(O)c1ccc(F)cc1. The number of sulfonamides is 1. The number of hydrogen-bond acceptors (Lipinski definition) is 4. The molecule has 120 valence electrons. The number of aliphatic hydroxyl groups is 1. The Morgan fingerprint density at radius 2 is 1.70 bits per heavy atom. The fourth-order valence-corrected chi connectivity index (χ4v) is 3.28. The van der Waals surface area contributed by atoms with Crippen molar-refractivity contribution >= 4 is 10.0 Å². The van der Waals surface area contributed by atoms with Gasteiger partial charge < -0.3 is 5.11 Å². The number of nitrogens with one attached hydrogen (secondary N) is 1. The van der Waals surface area contributed by atoms with Gasteiger partial charge in [0.1, 0.15) is 5.82 Å². The number of halogens is 1. The molecule has 2 aromatic rings. The van der Waals surface area contributed by atoms with Crippen LogP contribution in [0.5, 0.6) is 0 Å². The maximum atomic E-state index is 12.9. The van der Waals surface area contributed by atoms with Gasteiger partial charge in [-0.25, -0.2) is 17.5 Å². The molecule has 0 aliphatic rings. The fourth-order valence-electron chi connectivity index (χ4n) is 2.03. The van der Waals surface area contributed by atoms with E-state index in [0.717, 1.165) is 0 Å². The number of benzene rings is 2. The van der Waals surface area contributed by atoms with Crippen LogP contribution in [-0.2, 0) is 10.0 Å². The van der Waals surface area contributed by atoms with Crippen LogP contribution in [0.3, 0.4) is 0 Å². The van der Waals surface area contributed by atoms with Crippen LogP contribution in [0.1, 0.15) is 24.2 Å². The summed E-state index contributed by atoms with van der Waals surface area (Å²) in [5.41, 5.74) is 0.754. The molecule has 7 heteroatoms. The van der Waals surface area contributed by atoms with E-state index in [2.05, 4.69) is 4.72 Å². The van der Waals surface area contributed by atoms with Crippen LogP contribution in [0.4, 0.5) is 4.39 Å². The molecule has 0 aliphatic heterocycles. The molecule has 5 nitrogen and oxygen atoms in total. The number of nitriles is 1. The lowest BCUT2D eigenvalue weighted by molar-refractivity contribution is 0.146. The van der Waals surface area contributed by atoms with Crippen LogP contribution in [0, 0.1) is 17.1 Å². The second-order valence-corrected chi connectivity index (χ2v) is 6.76. The first-order valence-electron chi connectivity index (χ1n) is 6.79. The van der Waals surface area contributed by atoms with Crippen LogP contribution >= 0.6 is 0 Å². The Balaban J connectivity index is 2.15. The van der Waals surface area contributed by atoms with Gasteiger partial charge in [0.25, 0.3) is 0 Å². The van der Waals surface area contributed by atoms with Crippen LogP contribution in [0.2, 0.25) is 0 Å². The van der Waals surface area contributed by atoms with E-state index >= 15 is 0 Å². The minimum Gasteiger partial charge on any atom is -0.387 e. The molecule has 0 aromatic heterocycles. The first kappa shape index (κ1) is 17.1. The second-order valence-electron chi connectivity index (χ2n) is 5.04. The lowest BCUT2D eigenvalue weighted by Gasteiger charge is -2.20.